The van der Waals surface area contributed by atoms with Crippen LogP contribution in [-0.4, -0.2) is 26.9 Å². The van der Waals surface area contributed by atoms with Crippen LogP contribution in [0.3, 0.4) is 0 Å². The molecule has 1 aromatic carbocycles. The van der Waals surface area contributed by atoms with Gasteiger partial charge in [-0.1, -0.05) is 12.1 Å². The Hall–Kier alpha value is -1.89. The summed E-state index contributed by atoms with van der Waals surface area (Å²) in [6, 6.07) is 6.38. The molecule has 102 valence electrons. The van der Waals surface area contributed by atoms with Crippen molar-refractivity contribution >= 4 is 10.9 Å². The maximum atomic E-state index is 12.3. The monoisotopic (exact) mass is 272 g/mol. The molecule has 2 aromatic rings. The van der Waals surface area contributed by atoms with Crippen molar-refractivity contribution in [1.29, 1.82) is 0 Å². The van der Waals surface area contributed by atoms with Gasteiger partial charge in [-0.25, -0.2) is 4.98 Å². The van der Waals surface area contributed by atoms with Crippen LogP contribution in [0.25, 0.3) is 10.9 Å². The molecule has 0 fully saturated rings. The molecule has 0 unspecified atom stereocenters. The number of aliphatic hydroxyl groups excluding tert-OH is 1. The van der Waals surface area contributed by atoms with E-state index < -0.39 is 24.4 Å². The Morgan fingerprint density at radius 1 is 1.37 bits per heavy atom. The third-order valence-electron chi connectivity index (χ3n) is 2.79. The summed E-state index contributed by atoms with van der Waals surface area (Å²) >= 11 is 0. The van der Waals surface area contributed by atoms with Crippen molar-refractivity contribution in [2.24, 2.45) is 0 Å². The van der Waals surface area contributed by atoms with Gasteiger partial charge in [0.05, 0.1) is 17.4 Å². The smallest absolute Gasteiger partial charge is 0.382 e. The molecule has 0 amide bonds. The average molecular weight is 272 g/mol. The molecule has 0 spiro atoms. The molecular weight excluding hydrogens is 261 g/mol. The first-order valence-corrected chi connectivity index (χ1v) is 5.51. The van der Waals surface area contributed by atoms with Gasteiger partial charge in [-0.2, -0.15) is 13.2 Å². The van der Waals surface area contributed by atoms with Gasteiger partial charge in [0.1, 0.15) is 5.82 Å². The lowest BCUT2D eigenvalue weighted by molar-refractivity contribution is -0.207. The SMILES string of the molecule is Cc1nc2ccccc2c(=O)n1C[C@H](O)C(F)(F)F. The highest BCUT2D eigenvalue weighted by Crippen LogP contribution is 2.21. The molecule has 0 aliphatic heterocycles. The third kappa shape index (κ3) is 2.60. The fraction of sp³-hybridized carbons (Fsp3) is 0.333. The molecule has 0 bridgehead atoms. The van der Waals surface area contributed by atoms with Crippen LogP contribution in [0.15, 0.2) is 29.1 Å². The summed E-state index contributed by atoms with van der Waals surface area (Å²) in [6.07, 6.45) is -7.36. The number of hydrogen-bond donors (Lipinski definition) is 1. The maximum absolute atomic E-state index is 12.3. The lowest BCUT2D eigenvalue weighted by Gasteiger charge is -2.17. The predicted molar refractivity (Wildman–Crippen MR) is 62.8 cm³/mol. The Bertz CT molecular complexity index is 664. The molecule has 1 aromatic heterocycles. The van der Waals surface area contributed by atoms with E-state index in [1.165, 1.54) is 13.0 Å². The van der Waals surface area contributed by atoms with Crippen LogP contribution in [-0.2, 0) is 6.54 Å². The second-order valence-corrected chi connectivity index (χ2v) is 4.15. The number of aryl methyl sites for hydroxylation is 1. The van der Waals surface area contributed by atoms with Gasteiger partial charge in [0.25, 0.3) is 5.56 Å². The molecule has 4 nitrogen and oxygen atoms in total. The van der Waals surface area contributed by atoms with Crippen molar-refractivity contribution in [2.45, 2.75) is 25.7 Å². The summed E-state index contributed by atoms with van der Waals surface area (Å²) in [6.45, 7) is 0.572. The topological polar surface area (TPSA) is 55.1 Å². The van der Waals surface area contributed by atoms with Crippen LogP contribution in [0.5, 0.6) is 0 Å². The van der Waals surface area contributed by atoms with Crippen LogP contribution in [0, 0.1) is 6.92 Å². The van der Waals surface area contributed by atoms with Gasteiger partial charge in [-0.15, -0.1) is 0 Å². The number of benzene rings is 1. The minimum Gasteiger partial charge on any atom is -0.382 e. The normalized spacial score (nSPS) is 13.7. The van der Waals surface area contributed by atoms with E-state index in [0.717, 1.165) is 4.57 Å². The fourth-order valence-corrected chi connectivity index (χ4v) is 1.77. The highest BCUT2D eigenvalue weighted by atomic mass is 19.4. The van der Waals surface area contributed by atoms with Gasteiger partial charge in [-0.3, -0.25) is 9.36 Å². The van der Waals surface area contributed by atoms with Crippen molar-refractivity contribution in [2.75, 3.05) is 0 Å². The standard InChI is InChI=1S/C12H11F3N2O2/c1-7-16-9-5-3-2-4-8(9)11(19)17(7)6-10(18)12(13,14)15/h2-5,10,18H,6H2,1H3/t10-/m0/s1. The lowest BCUT2D eigenvalue weighted by atomic mass is 10.2. The summed E-state index contributed by atoms with van der Waals surface area (Å²) in [7, 11) is 0. The number of halogens is 3. The number of hydrogen-bond acceptors (Lipinski definition) is 3. The van der Waals surface area contributed by atoms with E-state index in [2.05, 4.69) is 4.98 Å². The maximum Gasteiger partial charge on any atom is 0.416 e. The van der Waals surface area contributed by atoms with Gasteiger partial charge < -0.3 is 5.11 Å². The summed E-state index contributed by atoms with van der Waals surface area (Å²) in [4.78, 5) is 16.1. The molecule has 2 rings (SSSR count). The second-order valence-electron chi connectivity index (χ2n) is 4.15. The summed E-state index contributed by atoms with van der Waals surface area (Å²) < 4.78 is 37.8. The Kier molecular flexibility index (Phi) is 3.32. The summed E-state index contributed by atoms with van der Waals surface area (Å²) in [5.74, 6) is 0.131. The van der Waals surface area contributed by atoms with Crippen molar-refractivity contribution in [3.63, 3.8) is 0 Å². The van der Waals surface area contributed by atoms with Crippen molar-refractivity contribution in [1.82, 2.24) is 9.55 Å². The van der Waals surface area contributed by atoms with Gasteiger partial charge in [0.2, 0.25) is 0 Å². The Balaban J connectivity index is 2.53. The molecule has 1 atom stereocenters. The first-order valence-electron chi connectivity index (χ1n) is 5.51. The van der Waals surface area contributed by atoms with E-state index in [9.17, 15) is 18.0 Å². The Morgan fingerprint density at radius 2 is 2.00 bits per heavy atom. The van der Waals surface area contributed by atoms with E-state index in [4.69, 9.17) is 5.11 Å². The van der Waals surface area contributed by atoms with Gasteiger partial charge >= 0.3 is 6.18 Å². The van der Waals surface area contributed by atoms with E-state index in [0.29, 0.717) is 5.52 Å². The molecule has 0 saturated heterocycles. The fourth-order valence-electron chi connectivity index (χ4n) is 1.77. The first kappa shape index (κ1) is 13.5. The number of para-hydroxylation sites is 1. The molecular formula is C12H11F3N2O2. The highest BCUT2D eigenvalue weighted by molar-refractivity contribution is 5.77. The molecule has 7 heteroatoms. The summed E-state index contributed by atoms with van der Waals surface area (Å²) in [5, 5.41) is 9.27. The molecule has 0 aliphatic carbocycles. The average Bonchev–Trinajstić information content (AvgIpc) is 2.33. The number of rotatable bonds is 2. The quantitative estimate of drug-likeness (QED) is 0.904. The zero-order chi connectivity index (χ0) is 14.2. The van der Waals surface area contributed by atoms with Crippen LogP contribution in [0.2, 0.25) is 0 Å². The molecule has 1 N–H and O–H groups in total. The summed E-state index contributed by atoms with van der Waals surface area (Å²) in [5.41, 5.74) is -0.172. The minimum absolute atomic E-state index is 0.131. The minimum atomic E-state index is -4.77. The predicted octanol–water partition coefficient (Wildman–Crippen LogP) is 1.63. The largest absolute Gasteiger partial charge is 0.416 e. The van der Waals surface area contributed by atoms with E-state index in [-0.39, 0.29) is 11.2 Å². The molecule has 0 saturated carbocycles. The molecule has 1 heterocycles. The van der Waals surface area contributed by atoms with Crippen LogP contribution in [0.4, 0.5) is 13.2 Å². The Morgan fingerprint density at radius 3 is 2.63 bits per heavy atom. The number of fused-ring (bicyclic) bond motifs is 1. The van der Waals surface area contributed by atoms with Gasteiger partial charge in [0, 0.05) is 0 Å². The van der Waals surface area contributed by atoms with Gasteiger partial charge in [-0.05, 0) is 19.1 Å². The lowest BCUT2D eigenvalue weighted by Crippen LogP contribution is -2.37. The van der Waals surface area contributed by atoms with E-state index in [1.54, 1.807) is 18.2 Å². The van der Waals surface area contributed by atoms with E-state index in [1.807, 2.05) is 0 Å². The zero-order valence-electron chi connectivity index (χ0n) is 9.98. The number of aromatic nitrogens is 2. The number of aliphatic hydroxyl groups is 1. The number of nitrogens with zero attached hydrogens (tertiary/aromatic N) is 2. The van der Waals surface area contributed by atoms with Crippen LogP contribution >= 0.6 is 0 Å². The van der Waals surface area contributed by atoms with Crippen molar-refractivity contribution in [3.05, 3.63) is 40.4 Å². The second kappa shape index (κ2) is 4.65. The highest BCUT2D eigenvalue weighted by Gasteiger charge is 2.38. The van der Waals surface area contributed by atoms with Crippen LogP contribution in [0.1, 0.15) is 5.82 Å². The van der Waals surface area contributed by atoms with Crippen molar-refractivity contribution < 1.29 is 18.3 Å². The molecule has 19 heavy (non-hydrogen) atoms. The Labute approximate surface area is 106 Å². The first-order chi connectivity index (χ1) is 8.80. The van der Waals surface area contributed by atoms with Crippen molar-refractivity contribution in [3.8, 4) is 0 Å². The molecule has 0 radical (unpaired) electrons. The van der Waals surface area contributed by atoms with Gasteiger partial charge in [0.15, 0.2) is 6.10 Å². The van der Waals surface area contributed by atoms with Crippen LogP contribution < -0.4 is 5.56 Å². The van der Waals surface area contributed by atoms with E-state index >= 15 is 0 Å². The zero-order valence-corrected chi connectivity index (χ0v) is 9.98. The number of alkyl halides is 3. The third-order valence-corrected chi connectivity index (χ3v) is 2.79. The molecule has 0 aliphatic rings.